The van der Waals surface area contributed by atoms with E-state index >= 15 is 0 Å². The Labute approximate surface area is 723 Å². The molecule has 2 bridgehead atoms. The molecule has 5 heterocycles. The van der Waals surface area contributed by atoms with E-state index in [2.05, 4.69) is 63.8 Å². The third kappa shape index (κ3) is 32.2. The van der Waals surface area contributed by atoms with E-state index in [-0.39, 0.29) is 32.3 Å². The van der Waals surface area contributed by atoms with Crippen LogP contribution in [0, 0.1) is 0 Å². The molecule has 127 heavy (non-hydrogen) atoms. The molecule has 0 aromatic carbocycles. The molecular weight excluding hydrogens is 1710 g/mol. The number of carboxylic acid groups (broad SMARTS) is 5. The largest absolute Gasteiger partial charge is 0.480 e. The number of carbonyl (C=O) groups is 18. The molecule has 0 saturated carbocycles. The van der Waals surface area contributed by atoms with Gasteiger partial charge in [-0.1, -0.05) is 0 Å². The van der Waals surface area contributed by atoms with E-state index < -0.39 is 361 Å². The number of hydrogen-bond donors (Lipinski definition) is 27. The number of ether oxygens (including phenoxy) is 9. The quantitative estimate of drug-likeness (QED) is 0.0269. The smallest absolute Gasteiger partial charge is 0.326 e. The summed E-state index contributed by atoms with van der Waals surface area (Å²) >= 11 is 0. The Morgan fingerprint density at radius 1 is 0.386 bits per heavy atom. The fourth-order valence-corrected chi connectivity index (χ4v) is 13.9. The molecule has 5 aliphatic rings. The van der Waals surface area contributed by atoms with Gasteiger partial charge < -0.3 is 184 Å². The lowest BCUT2D eigenvalue weighted by Crippen LogP contribution is -2.70. The van der Waals surface area contributed by atoms with Crippen LogP contribution in [0.3, 0.4) is 0 Å². The first-order valence-corrected chi connectivity index (χ1v) is 40.3. The maximum absolute atomic E-state index is 13.9. The van der Waals surface area contributed by atoms with Crippen LogP contribution in [0.4, 0.5) is 0 Å². The van der Waals surface area contributed by atoms with Crippen LogP contribution in [0.5, 0.6) is 0 Å². The molecule has 0 aliphatic carbocycles. The second-order valence-corrected chi connectivity index (χ2v) is 30.8. The van der Waals surface area contributed by atoms with Gasteiger partial charge in [0.2, 0.25) is 76.8 Å². The summed E-state index contributed by atoms with van der Waals surface area (Å²) in [7, 11) is 0. The van der Waals surface area contributed by atoms with Crippen LogP contribution in [0.25, 0.3) is 0 Å². The Hall–Kier alpha value is -10.3. The van der Waals surface area contributed by atoms with Crippen molar-refractivity contribution in [2.45, 2.75) is 316 Å². The molecule has 0 spiro atoms. The molecule has 54 nitrogen and oxygen atoms in total. The van der Waals surface area contributed by atoms with Crippen molar-refractivity contribution in [3.05, 3.63) is 0 Å². The van der Waals surface area contributed by atoms with Crippen LogP contribution in [0.2, 0.25) is 0 Å². The summed E-state index contributed by atoms with van der Waals surface area (Å²) in [6, 6.07) is -21.3. The maximum atomic E-state index is 13.9. The van der Waals surface area contributed by atoms with Crippen LogP contribution in [0.15, 0.2) is 0 Å². The summed E-state index contributed by atoms with van der Waals surface area (Å²) in [5, 5.41) is 163. The van der Waals surface area contributed by atoms with E-state index in [0.717, 1.165) is 55.4 Å². The van der Waals surface area contributed by atoms with Gasteiger partial charge >= 0.3 is 29.8 Å². The molecule has 54 heteroatoms. The molecule has 5 rings (SSSR count). The average molecular weight is 1830 g/mol. The number of nitrogens with two attached hydrogens (primary N) is 1. The molecule has 13 amide bonds. The predicted octanol–water partition coefficient (Wildman–Crippen LogP) is -13.6. The second-order valence-electron chi connectivity index (χ2n) is 30.8. The Kier molecular flexibility index (Phi) is 42.6. The van der Waals surface area contributed by atoms with Gasteiger partial charge in [0, 0.05) is 40.5 Å². The second kappa shape index (κ2) is 50.5. The monoisotopic (exact) mass is 1830 g/mol. The van der Waals surface area contributed by atoms with Gasteiger partial charge in [0.05, 0.1) is 26.4 Å². The van der Waals surface area contributed by atoms with Crippen molar-refractivity contribution in [2.24, 2.45) is 5.73 Å². The van der Waals surface area contributed by atoms with E-state index in [0.29, 0.717) is 0 Å². The lowest BCUT2D eigenvalue weighted by Gasteiger charge is -2.48. The summed E-state index contributed by atoms with van der Waals surface area (Å²) in [5.41, 5.74) is 5.66. The van der Waals surface area contributed by atoms with E-state index in [1.807, 2.05) is 5.32 Å². The topological polar surface area (TPSA) is 836 Å². The van der Waals surface area contributed by atoms with Gasteiger partial charge in [0.15, 0.2) is 25.2 Å². The third-order valence-electron chi connectivity index (χ3n) is 20.6. The molecule has 31 unspecified atom stereocenters. The van der Waals surface area contributed by atoms with Crippen LogP contribution < -0.4 is 74.9 Å². The van der Waals surface area contributed by atoms with E-state index in [1.54, 1.807) is 0 Å². The van der Waals surface area contributed by atoms with Gasteiger partial charge in [-0.2, -0.15) is 0 Å². The highest BCUT2D eigenvalue weighted by molar-refractivity contribution is 5.95. The van der Waals surface area contributed by atoms with Crippen LogP contribution in [-0.4, -0.2) is 395 Å². The molecule has 0 aromatic rings. The zero-order valence-corrected chi connectivity index (χ0v) is 70.4. The highest BCUT2D eigenvalue weighted by Crippen LogP contribution is 2.36. The number of hydrogen-bond acceptors (Lipinski definition) is 36. The Balaban J connectivity index is 1.18. The molecule has 718 valence electrons. The molecule has 0 radical (unpaired) electrons. The lowest BCUT2D eigenvalue weighted by molar-refractivity contribution is -0.333. The zero-order valence-electron chi connectivity index (χ0n) is 70.4. The standard InChI is InChI=1S/C73H116N14O40/c1-25(76-62(106)28(4)120-57-49(81-32(8)93)70(118)122-42(23-90)55(57)126-72-47(79-30(6)91)53(101)51(99)40(21-88)123-72)59(103)86-38(68(114)115)16-18-44(95)83-35(64(108)75-20-46(97)98)14-11-15-37(67(112)113)85-61(105)27(3)78-65(109)36(13-10-12-34(74)66(110)111)84-45(96)19-17-39(69(116)117)87-60(104)26(2)77-63(107)29(5)121-58-50(82-33(9)94)71-119-24-43(125-71)56(58)127-73-48(80-31(7)92)54(102)52(100)41(22-89)124-73/h25-29,34-43,47-58,70-73,88-90,99-102,118H,10-24,74H2,1-9H3,(H,75,108)(H,76,106)(H,77,107)(H,78,109)(H,79,91)(H,80,92)(H,81,93)(H,82,94)(H,83,95)(H,84,96)(H,85,105)(H,86,103)(H,87,104)(H,97,98)(H,110,111)(H,112,113)(H,114,115)(H,116,117). The van der Waals surface area contributed by atoms with E-state index in [9.17, 15) is 153 Å². The number of amides is 13. The van der Waals surface area contributed by atoms with Crippen molar-refractivity contribution in [3.63, 3.8) is 0 Å². The third-order valence-corrected chi connectivity index (χ3v) is 20.6. The van der Waals surface area contributed by atoms with Crippen molar-refractivity contribution in [1.29, 1.82) is 0 Å². The van der Waals surface area contributed by atoms with Gasteiger partial charge in [0.25, 0.3) is 0 Å². The molecule has 5 fully saturated rings. The molecule has 28 N–H and O–H groups in total. The van der Waals surface area contributed by atoms with Crippen molar-refractivity contribution in [2.75, 3.05) is 33.0 Å². The summed E-state index contributed by atoms with van der Waals surface area (Å²) in [4.78, 5) is 232. The van der Waals surface area contributed by atoms with E-state index in [1.165, 1.54) is 6.92 Å². The van der Waals surface area contributed by atoms with Crippen molar-refractivity contribution in [1.82, 2.24) is 69.1 Å². The first-order chi connectivity index (χ1) is 59.5. The summed E-state index contributed by atoms with van der Waals surface area (Å²) in [6.07, 6.45) is -34.1. The minimum Gasteiger partial charge on any atom is -0.480 e. The van der Waals surface area contributed by atoms with Crippen LogP contribution in [-0.2, 0) is 129 Å². The normalized spacial score (nSPS) is 28.7. The lowest BCUT2D eigenvalue weighted by atomic mass is 9.94. The molecule has 5 saturated heterocycles. The minimum atomic E-state index is -1.99. The Morgan fingerprint density at radius 3 is 1.16 bits per heavy atom. The molecular formula is C73H116N14O40. The first-order valence-electron chi connectivity index (χ1n) is 40.3. The fourth-order valence-electron chi connectivity index (χ4n) is 13.9. The van der Waals surface area contributed by atoms with Gasteiger partial charge in [0.1, 0.15) is 171 Å². The minimum absolute atomic E-state index is 0.186. The van der Waals surface area contributed by atoms with Gasteiger partial charge in [-0.05, 0) is 86.0 Å². The molecule has 31 atom stereocenters. The number of nitrogens with one attached hydrogen (secondary N) is 13. The zero-order chi connectivity index (χ0) is 95.5. The average Bonchev–Trinajstić information content (AvgIpc) is 1.67. The predicted molar refractivity (Wildman–Crippen MR) is 415 cm³/mol. The van der Waals surface area contributed by atoms with Crippen LogP contribution >= 0.6 is 0 Å². The van der Waals surface area contributed by atoms with Crippen molar-refractivity contribution < 1.29 is 195 Å². The maximum Gasteiger partial charge on any atom is 0.326 e. The number of fused-ring (bicyclic) bond motifs is 2. The fraction of sp³-hybridized carbons (Fsp3) is 0.753. The first kappa shape index (κ1) is 107. The summed E-state index contributed by atoms with van der Waals surface area (Å²) < 4.78 is 53.0. The van der Waals surface area contributed by atoms with Crippen molar-refractivity contribution >= 4 is 107 Å². The number of aliphatic carboxylic acids is 5. The van der Waals surface area contributed by atoms with Crippen molar-refractivity contribution in [3.8, 4) is 0 Å². The van der Waals surface area contributed by atoms with Gasteiger partial charge in [-0.15, -0.1) is 0 Å². The summed E-state index contributed by atoms with van der Waals surface area (Å²) in [5.74, 6) is -21.1. The summed E-state index contributed by atoms with van der Waals surface area (Å²) in [6.45, 7) is 6.06. The Morgan fingerprint density at radius 2 is 0.756 bits per heavy atom. The Bertz CT molecular complexity index is 3860. The van der Waals surface area contributed by atoms with Gasteiger partial charge in [-0.25, -0.2) is 14.4 Å². The van der Waals surface area contributed by atoms with Gasteiger partial charge in [-0.3, -0.25) is 71.9 Å². The number of aliphatic hydroxyl groups is 8. The molecule has 0 aromatic heterocycles. The molecule has 5 aliphatic heterocycles. The highest BCUT2D eigenvalue weighted by Gasteiger charge is 2.58. The number of carbonyl (C=O) groups excluding carboxylic acids is 13. The highest BCUT2D eigenvalue weighted by atomic mass is 16.8. The number of aliphatic hydroxyl groups excluding tert-OH is 8. The van der Waals surface area contributed by atoms with E-state index in [4.69, 9.17) is 48.4 Å². The van der Waals surface area contributed by atoms with Crippen LogP contribution in [0.1, 0.15) is 127 Å². The number of rotatable bonds is 50. The SMILES string of the molecule is CC(=O)NC1C(OC2C(CO)OC(O)C(NC(C)=O)C2OC(C)C(=O)NC(C)C(=O)NC(CCC(=O)NC(CCCC(NC(=O)C(C)NC(=O)C(CCCC(N)C(=O)O)NC(=O)CCC(NC(=O)C(C)NC(=O)C(C)OC2C(NC(C)=O)C3OCC(O3)C2OC2OC(CO)C(O)C(O)C2NC(C)=O)C(=O)O)C(=O)O)C(=O)NCC(=O)O)C(=O)O)OC(CO)C(O)C1O. The number of carboxylic acids is 5.